The molecule has 166 valence electrons. The molecule has 2 amide bonds. The second-order valence-corrected chi connectivity index (χ2v) is 7.20. The topological polar surface area (TPSA) is 93.1 Å². The summed E-state index contributed by atoms with van der Waals surface area (Å²) in [6.45, 7) is -0.271. The van der Waals surface area contributed by atoms with E-state index in [0.29, 0.717) is 10.8 Å². The van der Waals surface area contributed by atoms with Crippen LogP contribution in [0.5, 0.6) is 0 Å². The molecule has 0 aliphatic carbocycles. The lowest BCUT2D eigenvalue weighted by Gasteiger charge is -2.12. The van der Waals surface area contributed by atoms with Crippen LogP contribution >= 0.6 is 0 Å². The van der Waals surface area contributed by atoms with Gasteiger partial charge in [-0.3, -0.25) is 14.4 Å². The fourth-order valence-corrected chi connectivity index (χ4v) is 3.29. The molecule has 0 fully saturated rings. The minimum Gasteiger partial charge on any atom is -0.342 e. The van der Waals surface area contributed by atoms with Crippen molar-refractivity contribution in [3.63, 3.8) is 0 Å². The zero-order valence-corrected chi connectivity index (χ0v) is 17.2. The molecule has 0 saturated heterocycles. The Hall–Kier alpha value is -4.40. The van der Waals surface area contributed by atoms with Gasteiger partial charge in [0.1, 0.15) is 0 Å². The van der Waals surface area contributed by atoms with E-state index in [4.69, 9.17) is 0 Å². The van der Waals surface area contributed by atoms with Crippen LogP contribution in [-0.4, -0.2) is 28.1 Å². The lowest BCUT2D eigenvalue weighted by molar-refractivity contribution is -0.115. The van der Waals surface area contributed by atoms with Crippen molar-refractivity contribution >= 4 is 28.3 Å². The first kappa shape index (κ1) is 21.8. The summed E-state index contributed by atoms with van der Waals surface area (Å²) in [6, 6.07) is 18.7. The SMILES string of the molecule is O=C(CNC(=O)c1nn(Cc2ccccc2)c(=O)c2ccccc12)Nc1ccc(F)c(F)c1. The molecule has 1 heterocycles. The van der Waals surface area contributed by atoms with Crippen LogP contribution in [0.3, 0.4) is 0 Å². The largest absolute Gasteiger partial charge is 0.342 e. The van der Waals surface area contributed by atoms with E-state index in [1.165, 1.54) is 10.7 Å². The standard InChI is InChI=1S/C24H18F2N4O3/c25-19-11-10-16(12-20(19)26)28-21(31)13-27-23(32)22-17-8-4-5-9-18(17)24(33)30(29-22)14-15-6-2-1-3-7-15/h1-12H,13-14H2,(H,27,32)(H,28,31). The number of hydrogen-bond donors (Lipinski definition) is 2. The Bertz CT molecular complexity index is 1400. The summed E-state index contributed by atoms with van der Waals surface area (Å²) < 4.78 is 27.5. The van der Waals surface area contributed by atoms with Gasteiger partial charge < -0.3 is 10.6 Å². The summed E-state index contributed by atoms with van der Waals surface area (Å²) in [5, 5.41) is 9.74. The van der Waals surface area contributed by atoms with Gasteiger partial charge in [0.15, 0.2) is 17.3 Å². The minimum absolute atomic E-state index is 0.0123. The maximum absolute atomic E-state index is 13.3. The molecular formula is C24H18F2N4O3. The fraction of sp³-hybridized carbons (Fsp3) is 0.0833. The van der Waals surface area contributed by atoms with Gasteiger partial charge in [-0.1, -0.05) is 48.5 Å². The minimum atomic E-state index is -1.10. The summed E-state index contributed by atoms with van der Waals surface area (Å²) in [7, 11) is 0. The average molecular weight is 448 g/mol. The highest BCUT2D eigenvalue weighted by molar-refractivity contribution is 6.06. The molecule has 0 radical (unpaired) electrons. The Labute approximate surface area is 186 Å². The van der Waals surface area contributed by atoms with Gasteiger partial charge in [-0.2, -0.15) is 5.10 Å². The number of fused-ring (bicyclic) bond motifs is 1. The second kappa shape index (κ2) is 9.39. The summed E-state index contributed by atoms with van der Waals surface area (Å²) in [5.41, 5.74) is 0.525. The van der Waals surface area contributed by atoms with Crippen LogP contribution in [0.2, 0.25) is 0 Å². The molecule has 0 spiro atoms. The monoisotopic (exact) mass is 448 g/mol. The van der Waals surface area contributed by atoms with Crippen LogP contribution in [0, 0.1) is 11.6 Å². The Kier molecular flexibility index (Phi) is 6.21. The van der Waals surface area contributed by atoms with Crippen LogP contribution in [-0.2, 0) is 11.3 Å². The smallest absolute Gasteiger partial charge is 0.274 e. The number of nitrogens with zero attached hydrogens (tertiary/aromatic N) is 2. The van der Waals surface area contributed by atoms with Gasteiger partial charge in [-0.25, -0.2) is 13.5 Å². The van der Waals surface area contributed by atoms with Gasteiger partial charge in [0.25, 0.3) is 11.5 Å². The van der Waals surface area contributed by atoms with Gasteiger partial charge in [0, 0.05) is 17.1 Å². The highest BCUT2D eigenvalue weighted by atomic mass is 19.2. The van der Waals surface area contributed by atoms with Crippen LogP contribution in [0.25, 0.3) is 10.8 Å². The number of aromatic nitrogens is 2. The Morgan fingerprint density at radius 3 is 2.30 bits per heavy atom. The highest BCUT2D eigenvalue weighted by Gasteiger charge is 2.18. The van der Waals surface area contributed by atoms with Gasteiger partial charge >= 0.3 is 0 Å². The molecule has 7 nitrogen and oxygen atoms in total. The average Bonchev–Trinajstić information content (AvgIpc) is 2.82. The number of benzene rings is 3. The van der Waals surface area contributed by atoms with E-state index in [2.05, 4.69) is 15.7 Å². The number of nitrogens with one attached hydrogen (secondary N) is 2. The van der Waals surface area contributed by atoms with Crippen molar-refractivity contribution in [3.8, 4) is 0 Å². The molecule has 1 aromatic heterocycles. The quantitative estimate of drug-likeness (QED) is 0.474. The van der Waals surface area contributed by atoms with E-state index in [1.54, 1.807) is 24.3 Å². The first-order valence-corrected chi connectivity index (χ1v) is 9.99. The van der Waals surface area contributed by atoms with Crippen molar-refractivity contribution in [2.24, 2.45) is 0 Å². The first-order chi connectivity index (χ1) is 15.9. The van der Waals surface area contributed by atoms with Crippen LogP contribution < -0.4 is 16.2 Å². The van der Waals surface area contributed by atoms with Crippen LogP contribution in [0.1, 0.15) is 16.1 Å². The predicted molar refractivity (Wildman–Crippen MR) is 119 cm³/mol. The van der Waals surface area contributed by atoms with E-state index in [1.807, 2.05) is 30.3 Å². The van der Waals surface area contributed by atoms with Crippen molar-refractivity contribution in [2.45, 2.75) is 6.54 Å². The molecule has 0 aliphatic heterocycles. The maximum atomic E-state index is 13.3. The number of halogens is 2. The lowest BCUT2D eigenvalue weighted by atomic mass is 10.1. The molecule has 3 aromatic carbocycles. The van der Waals surface area contributed by atoms with Gasteiger partial charge in [0.2, 0.25) is 5.91 Å². The molecule has 33 heavy (non-hydrogen) atoms. The Balaban J connectivity index is 1.55. The molecule has 4 rings (SSSR count). The van der Waals surface area contributed by atoms with Crippen molar-refractivity contribution in [1.29, 1.82) is 0 Å². The van der Waals surface area contributed by atoms with Gasteiger partial charge in [-0.05, 0) is 23.8 Å². The number of amides is 2. The third-order valence-electron chi connectivity index (χ3n) is 4.87. The molecule has 0 atom stereocenters. The van der Waals surface area contributed by atoms with Crippen LogP contribution in [0.4, 0.5) is 14.5 Å². The number of rotatable bonds is 6. The Morgan fingerprint density at radius 1 is 0.879 bits per heavy atom. The molecule has 2 N–H and O–H groups in total. The number of anilines is 1. The van der Waals surface area contributed by atoms with Crippen LogP contribution in [0.15, 0.2) is 77.6 Å². The zero-order valence-electron chi connectivity index (χ0n) is 17.2. The van der Waals surface area contributed by atoms with E-state index in [0.717, 1.165) is 17.7 Å². The van der Waals surface area contributed by atoms with Crippen molar-refractivity contribution in [3.05, 3.63) is 106 Å². The third-order valence-corrected chi connectivity index (χ3v) is 4.87. The number of carbonyl (C=O) groups is 2. The van der Waals surface area contributed by atoms with E-state index >= 15 is 0 Å². The molecular weight excluding hydrogens is 430 g/mol. The predicted octanol–water partition coefficient (Wildman–Crippen LogP) is 3.09. The highest BCUT2D eigenvalue weighted by Crippen LogP contribution is 2.15. The number of carbonyl (C=O) groups excluding carboxylic acids is 2. The molecule has 4 aromatic rings. The zero-order chi connectivity index (χ0) is 23.4. The summed E-state index contributed by atoms with van der Waals surface area (Å²) >= 11 is 0. The van der Waals surface area contributed by atoms with Gasteiger partial charge in [0.05, 0.1) is 18.5 Å². The molecule has 0 aliphatic rings. The summed E-state index contributed by atoms with van der Waals surface area (Å²) in [6.07, 6.45) is 0. The second-order valence-electron chi connectivity index (χ2n) is 7.20. The van der Waals surface area contributed by atoms with Crippen molar-refractivity contribution in [2.75, 3.05) is 11.9 Å². The normalized spacial score (nSPS) is 10.7. The number of hydrogen-bond acceptors (Lipinski definition) is 4. The van der Waals surface area contributed by atoms with Crippen molar-refractivity contribution < 1.29 is 18.4 Å². The molecule has 0 saturated carbocycles. The van der Waals surface area contributed by atoms with E-state index in [9.17, 15) is 23.2 Å². The molecule has 0 bridgehead atoms. The van der Waals surface area contributed by atoms with E-state index < -0.39 is 30.0 Å². The summed E-state index contributed by atoms with van der Waals surface area (Å²) in [5.74, 6) is -3.44. The molecule has 0 unspecified atom stereocenters. The Morgan fingerprint density at radius 2 is 1.58 bits per heavy atom. The first-order valence-electron chi connectivity index (χ1n) is 9.99. The lowest BCUT2D eigenvalue weighted by Crippen LogP contribution is -2.35. The van der Waals surface area contributed by atoms with E-state index in [-0.39, 0.29) is 23.5 Å². The molecule has 9 heteroatoms. The maximum Gasteiger partial charge on any atom is 0.274 e. The van der Waals surface area contributed by atoms with Crippen molar-refractivity contribution in [1.82, 2.24) is 15.1 Å². The third kappa shape index (κ3) is 4.93. The fourth-order valence-electron chi connectivity index (χ4n) is 3.29. The van der Waals surface area contributed by atoms with Gasteiger partial charge in [-0.15, -0.1) is 0 Å². The summed E-state index contributed by atoms with van der Waals surface area (Å²) in [4.78, 5) is 37.9.